The van der Waals surface area contributed by atoms with E-state index in [1.807, 2.05) is 6.92 Å². The molecule has 1 aromatic carbocycles. The largest absolute Gasteiger partial charge is 0.351 e. The van der Waals surface area contributed by atoms with E-state index in [4.69, 9.17) is 0 Å². The Morgan fingerprint density at radius 2 is 2.11 bits per heavy atom. The second kappa shape index (κ2) is 8.12. The minimum atomic E-state index is -0.712. The Morgan fingerprint density at radius 1 is 1.32 bits per heavy atom. The topological polar surface area (TPSA) is 105 Å². The Kier molecular flexibility index (Phi) is 5.62. The van der Waals surface area contributed by atoms with E-state index in [0.717, 1.165) is 30.2 Å². The summed E-state index contributed by atoms with van der Waals surface area (Å²) in [6, 6.07) is 6.14. The molecular weight excluding hydrogens is 367 g/mol. The summed E-state index contributed by atoms with van der Waals surface area (Å²) in [7, 11) is 0. The van der Waals surface area contributed by atoms with E-state index < -0.39 is 22.3 Å². The Labute approximate surface area is 160 Å². The molecule has 0 saturated carbocycles. The molecule has 0 saturated heterocycles. The first-order valence-electron chi connectivity index (χ1n) is 8.91. The summed E-state index contributed by atoms with van der Waals surface area (Å²) in [6.07, 6.45) is 1.22. The van der Waals surface area contributed by atoms with Crippen LogP contribution in [0, 0.1) is 15.9 Å². The normalized spacial score (nSPS) is 13.0. The number of carbonyl (C=O) groups excluding carboxylic acids is 2. The number of nitro groups is 1. The molecule has 0 atom stereocenters. The van der Waals surface area contributed by atoms with E-state index in [2.05, 4.69) is 10.3 Å². The number of rotatable bonds is 5. The Bertz CT molecular complexity index is 948. The molecular formula is C19H19FN4O4. The predicted octanol–water partition coefficient (Wildman–Crippen LogP) is 2.47. The third-order valence-electron chi connectivity index (χ3n) is 4.49. The molecule has 9 heteroatoms. The van der Waals surface area contributed by atoms with E-state index in [-0.39, 0.29) is 24.6 Å². The van der Waals surface area contributed by atoms with Crippen molar-refractivity contribution in [1.82, 2.24) is 15.2 Å². The van der Waals surface area contributed by atoms with Gasteiger partial charge in [-0.05, 0) is 30.2 Å². The molecule has 0 aliphatic carbocycles. The number of nitrogens with one attached hydrogen (secondary N) is 1. The lowest BCUT2D eigenvalue weighted by Gasteiger charge is -2.28. The first kappa shape index (κ1) is 19.4. The molecule has 28 heavy (non-hydrogen) atoms. The first-order valence-corrected chi connectivity index (χ1v) is 8.91. The summed E-state index contributed by atoms with van der Waals surface area (Å²) in [4.78, 5) is 41.0. The smallest absolute Gasteiger partial charge is 0.282 e. The third-order valence-corrected chi connectivity index (χ3v) is 4.49. The lowest BCUT2D eigenvalue weighted by atomic mass is 10.0. The van der Waals surface area contributed by atoms with Gasteiger partial charge in [-0.3, -0.25) is 19.7 Å². The molecule has 146 valence electrons. The average molecular weight is 386 g/mol. The third kappa shape index (κ3) is 3.98. The zero-order valence-electron chi connectivity index (χ0n) is 15.3. The predicted molar refractivity (Wildman–Crippen MR) is 98.4 cm³/mol. The summed E-state index contributed by atoms with van der Waals surface area (Å²) in [5.74, 6) is -1.57. The van der Waals surface area contributed by atoms with Gasteiger partial charge >= 0.3 is 0 Å². The van der Waals surface area contributed by atoms with Crippen LogP contribution in [-0.4, -0.2) is 39.7 Å². The number of pyridine rings is 1. The minimum Gasteiger partial charge on any atom is -0.351 e. The summed E-state index contributed by atoms with van der Waals surface area (Å²) in [6.45, 7) is 2.97. The van der Waals surface area contributed by atoms with Crippen LogP contribution in [0.25, 0.3) is 0 Å². The zero-order valence-corrected chi connectivity index (χ0v) is 15.3. The Hall–Kier alpha value is -3.36. The number of aromatic nitrogens is 1. The summed E-state index contributed by atoms with van der Waals surface area (Å²) in [5.41, 5.74) is 1.07. The molecule has 8 nitrogen and oxygen atoms in total. The molecule has 2 aromatic rings. The molecule has 1 aliphatic rings. The summed E-state index contributed by atoms with van der Waals surface area (Å²) >= 11 is 0. The van der Waals surface area contributed by atoms with Crippen LogP contribution in [0.4, 0.5) is 10.1 Å². The van der Waals surface area contributed by atoms with Gasteiger partial charge in [0.05, 0.1) is 4.92 Å². The van der Waals surface area contributed by atoms with Crippen LogP contribution < -0.4 is 5.32 Å². The number of carbonyl (C=O) groups is 2. The molecule has 0 unspecified atom stereocenters. The molecule has 2 heterocycles. The van der Waals surface area contributed by atoms with Crippen LogP contribution in [0.15, 0.2) is 30.3 Å². The van der Waals surface area contributed by atoms with Crippen molar-refractivity contribution in [3.63, 3.8) is 0 Å². The SMILES string of the molecule is CCCNC(=O)c1ccc2c(n1)CCN(C(=O)c1cc(F)ccc1[N+](=O)[O-])C2. The van der Waals surface area contributed by atoms with Crippen LogP contribution in [0.5, 0.6) is 0 Å². The van der Waals surface area contributed by atoms with Crippen LogP contribution in [0.3, 0.4) is 0 Å². The highest BCUT2D eigenvalue weighted by Crippen LogP contribution is 2.25. The maximum absolute atomic E-state index is 13.5. The number of amides is 2. The molecule has 2 amide bonds. The van der Waals surface area contributed by atoms with Crippen molar-refractivity contribution in [2.45, 2.75) is 26.3 Å². The number of nitrogens with zero attached hydrogens (tertiary/aromatic N) is 3. The van der Waals surface area contributed by atoms with Gasteiger partial charge < -0.3 is 10.2 Å². The molecule has 0 spiro atoms. The number of halogens is 1. The van der Waals surface area contributed by atoms with Crippen LogP contribution in [0.2, 0.25) is 0 Å². The molecule has 0 radical (unpaired) electrons. The molecule has 1 aliphatic heterocycles. The number of hydrogen-bond donors (Lipinski definition) is 1. The Balaban J connectivity index is 1.81. The van der Waals surface area contributed by atoms with Crippen LogP contribution in [0.1, 0.15) is 45.4 Å². The van der Waals surface area contributed by atoms with Gasteiger partial charge in [-0.15, -0.1) is 0 Å². The van der Waals surface area contributed by atoms with Crippen molar-refractivity contribution in [3.8, 4) is 0 Å². The number of nitro benzene ring substituents is 1. The van der Waals surface area contributed by atoms with Crippen molar-refractivity contribution in [2.75, 3.05) is 13.1 Å². The van der Waals surface area contributed by atoms with Gasteiger partial charge in [0.1, 0.15) is 17.1 Å². The van der Waals surface area contributed by atoms with E-state index >= 15 is 0 Å². The van der Waals surface area contributed by atoms with Crippen molar-refractivity contribution >= 4 is 17.5 Å². The van der Waals surface area contributed by atoms with E-state index in [1.165, 1.54) is 4.90 Å². The summed E-state index contributed by atoms with van der Waals surface area (Å²) in [5, 5.41) is 13.9. The van der Waals surface area contributed by atoms with E-state index in [1.54, 1.807) is 12.1 Å². The highest BCUT2D eigenvalue weighted by Gasteiger charge is 2.28. The maximum atomic E-state index is 13.5. The monoisotopic (exact) mass is 386 g/mol. The van der Waals surface area contributed by atoms with E-state index in [0.29, 0.717) is 24.4 Å². The molecule has 0 fully saturated rings. The molecule has 3 rings (SSSR count). The fourth-order valence-electron chi connectivity index (χ4n) is 3.05. The lowest BCUT2D eigenvalue weighted by molar-refractivity contribution is -0.385. The van der Waals surface area contributed by atoms with Crippen molar-refractivity contribution in [3.05, 3.63) is 68.8 Å². The zero-order chi connectivity index (χ0) is 20.3. The second-order valence-corrected chi connectivity index (χ2v) is 6.45. The fraction of sp³-hybridized carbons (Fsp3) is 0.316. The molecule has 0 bridgehead atoms. The van der Waals surface area contributed by atoms with Gasteiger partial charge in [0.15, 0.2) is 0 Å². The van der Waals surface area contributed by atoms with Crippen LogP contribution in [-0.2, 0) is 13.0 Å². The van der Waals surface area contributed by atoms with Gasteiger partial charge in [-0.2, -0.15) is 0 Å². The second-order valence-electron chi connectivity index (χ2n) is 6.45. The van der Waals surface area contributed by atoms with Crippen molar-refractivity contribution in [2.24, 2.45) is 0 Å². The van der Waals surface area contributed by atoms with Crippen molar-refractivity contribution < 1.29 is 18.9 Å². The molecule has 1 N–H and O–H groups in total. The van der Waals surface area contributed by atoms with Gasteiger partial charge in [0, 0.05) is 37.8 Å². The van der Waals surface area contributed by atoms with Gasteiger partial charge in [0.2, 0.25) is 0 Å². The number of fused-ring (bicyclic) bond motifs is 1. The van der Waals surface area contributed by atoms with Crippen molar-refractivity contribution in [1.29, 1.82) is 0 Å². The first-order chi connectivity index (χ1) is 13.4. The fourth-order valence-corrected chi connectivity index (χ4v) is 3.05. The quantitative estimate of drug-likeness (QED) is 0.628. The lowest BCUT2D eigenvalue weighted by Crippen LogP contribution is -2.37. The highest BCUT2D eigenvalue weighted by atomic mass is 19.1. The highest BCUT2D eigenvalue weighted by molar-refractivity contribution is 5.98. The summed E-state index contributed by atoms with van der Waals surface area (Å²) < 4.78 is 13.5. The van der Waals surface area contributed by atoms with Crippen LogP contribution >= 0.6 is 0 Å². The minimum absolute atomic E-state index is 0.186. The number of hydrogen-bond acceptors (Lipinski definition) is 5. The average Bonchev–Trinajstić information content (AvgIpc) is 2.70. The Morgan fingerprint density at radius 3 is 2.82 bits per heavy atom. The van der Waals surface area contributed by atoms with Gasteiger partial charge in [-0.25, -0.2) is 9.37 Å². The molecule has 1 aromatic heterocycles. The van der Waals surface area contributed by atoms with Gasteiger partial charge in [0.25, 0.3) is 17.5 Å². The maximum Gasteiger partial charge on any atom is 0.282 e. The standard InChI is InChI=1S/C19H19FN4O4/c1-2-8-21-18(25)16-5-3-12-11-23(9-7-15(12)22-16)19(26)14-10-13(20)4-6-17(14)24(27)28/h3-6,10H,2,7-9,11H2,1H3,(H,21,25). The number of benzene rings is 1. The van der Waals surface area contributed by atoms with Gasteiger partial charge in [-0.1, -0.05) is 13.0 Å². The van der Waals surface area contributed by atoms with E-state index in [9.17, 15) is 24.1 Å².